The zero-order chi connectivity index (χ0) is 13.1. The van der Waals surface area contributed by atoms with Crippen LogP contribution in [-0.2, 0) is 4.74 Å². The number of ether oxygens (including phenoxy) is 1. The van der Waals surface area contributed by atoms with Crippen molar-refractivity contribution in [2.24, 2.45) is 0 Å². The summed E-state index contributed by atoms with van der Waals surface area (Å²) in [5.74, 6) is 0.531. The molecular weight excluding hydrogens is 362 g/mol. The van der Waals surface area contributed by atoms with Gasteiger partial charge in [0.15, 0.2) is 0 Å². The van der Waals surface area contributed by atoms with Gasteiger partial charge in [0.2, 0.25) is 0 Å². The maximum absolute atomic E-state index is 5.95. The molecule has 1 nitrogen and oxygen atoms in total. The summed E-state index contributed by atoms with van der Waals surface area (Å²) in [6.07, 6.45) is 0.651. The highest BCUT2D eigenvalue weighted by Gasteiger charge is 2.38. The lowest BCUT2D eigenvalue weighted by molar-refractivity contribution is 0.234. The highest BCUT2D eigenvalue weighted by atomic mass is 79.9. The van der Waals surface area contributed by atoms with Gasteiger partial charge in [-0.25, -0.2) is 0 Å². The Morgan fingerprint density at radius 2 is 1.88 bits per heavy atom. The maximum atomic E-state index is 5.95. The average molecular weight is 375 g/mol. The molecule has 0 aliphatic carbocycles. The van der Waals surface area contributed by atoms with E-state index in [0.717, 1.165) is 10.0 Å². The van der Waals surface area contributed by atoms with Gasteiger partial charge in [0.25, 0.3) is 0 Å². The zero-order valence-corrected chi connectivity index (χ0v) is 14.1. The molecule has 0 saturated carbocycles. The van der Waals surface area contributed by atoms with Crippen molar-refractivity contribution in [1.82, 2.24) is 0 Å². The van der Waals surface area contributed by atoms with E-state index < -0.39 is 6.00 Å². The van der Waals surface area contributed by atoms with E-state index in [1.807, 2.05) is 31.2 Å². The van der Waals surface area contributed by atoms with Crippen LogP contribution < -0.4 is 0 Å². The van der Waals surface area contributed by atoms with Gasteiger partial charge in [-0.2, -0.15) is 0 Å². The molecule has 0 radical (unpaired) electrons. The van der Waals surface area contributed by atoms with Crippen molar-refractivity contribution in [3.05, 3.63) is 40.9 Å². The molecule has 1 rings (SSSR count). The molecule has 1 aromatic carbocycles. The van der Waals surface area contributed by atoms with Crippen LogP contribution in [0.3, 0.4) is 0 Å². The predicted octanol–water partition coefficient (Wildman–Crippen LogP) is 5.41. The lowest BCUT2D eigenvalue weighted by atomic mass is 10.2. The topological polar surface area (TPSA) is 9.23 Å². The number of hydrogen-bond donors (Lipinski definition) is 0. The number of halogens is 4. The van der Waals surface area contributed by atoms with E-state index in [0.29, 0.717) is 12.2 Å². The van der Waals surface area contributed by atoms with Crippen LogP contribution in [0.25, 0.3) is 5.76 Å². The summed E-state index contributed by atoms with van der Waals surface area (Å²) in [5, 5.41) is 0. The van der Waals surface area contributed by atoms with Crippen LogP contribution in [0.4, 0.5) is 0 Å². The van der Waals surface area contributed by atoms with Crippen LogP contribution in [0.1, 0.15) is 18.9 Å². The minimum Gasteiger partial charge on any atom is -0.490 e. The highest BCUT2D eigenvalue weighted by Crippen LogP contribution is 2.31. The van der Waals surface area contributed by atoms with E-state index in [9.17, 15) is 0 Å². The Morgan fingerprint density at radius 3 is 2.29 bits per heavy atom. The first-order valence-corrected chi connectivity index (χ1v) is 10.9. The molecule has 1 unspecified atom stereocenters. The van der Waals surface area contributed by atoms with E-state index in [4.69, 9.17) is 38.0 Å². The van der Waals surface area contributed by atoms with Crippen LogP contribution in [-0.4, -0.2) is 11.7 Å². The third kappa shape index (κ3) is 4.84. The molecule has 0 fully saturated rings. The van der Waals surface area contributed by atoms with E-state index >= 15 is 0 Å². The largest absolute Gasteiger partial charge is 0.490 e. The summed E-state index contributed by atoms with van der Waals surface area (Å²) < 4.78 is 6.64. The second kappa shape index (κ2) is 6.48. The molecule has 0 N–H and O–H groups in total. The molecule has 0 aromatic heterocycles. The standard InChI is InChI=1S/C11H12BrCl3OSi/c1-3-11(17(13,14)15)16-8(2)9-4-6-10(12)7-5-9/h4-7,11H,2-3H2,1H3. The van der Waals surface area contributed by atoms with Crippen LogP contribution in [0, 0.1) is 0 Å². The van der Waals surface area contributed by atoms with Gasteiger partial charge in [0.1, 0.15) is 11.5 Å². The second-order valence-corrected chi connectivity index (χ2v) is 13.2. The van der Waals surface area contributed by atoms with Crippen molar-refractivity contribution in [2.75, 3.05) is 0 Å². The summed E-state index contributed by atoms with van der Waals surface area (Å²) in [7, 11) is 0. The van der Waals surface area contributed by atoms with Gasteiger partial charge >= 0.3 is 6.00 Å². The van der Waals surface area contributed by atoms with Crippen LogP contribution in [0.5, 0.6) is 0 Å². The number of hydrogen-bond acceptors (Lipinski definition) is 1. The highest BCUT2D eigenvalue weighted by molar-refractivity contribution is 9.10. The van der Waals surface area contributed by atoms with Crippen LogP contribution >= 0.6 is 49.2 Å². The summed E-state index contributed by atoms with van der Waals surface area (Å²) in [6, 6.07) is 4.76. The van der Waals surface area contributed by atoms with Crippen molar-refractivity contribution in [1.29, 1.82) is 0 Å². The molecule has 0 heterocycles. The Labute approximate surface area is 125 Å². The van der Waals surface area contributed by atoms with Crippen LogP contribution in [0.15, 0.2) is 35.3 Å². The Kier molecular flexibility index (Phi) is 5.87. The predicted molar refractivity (Wildman–Crippen MR) is 81.7 cm³/mol. The first-order chi connectivity index (χ1) is 7.84. The fourth-order valence-corrected chi connectivity index (χ4v) is 4.05. The fourth-order valence-electron chi connectivity index (χ4n) is 1.26. The minimum atomic E-state index is -2.87. The van der Waals surface area contributed by atoms with Crippen molar-refractivity contribution in [2.45, 2.75) is 19.1 Å². The molecule has 1 atom stereocenters. The summed E-state index contributed by atoms with van der Waals surface area (Å²) in [5.41, 5.74) is 0.513. The third-order valence-corrected chi connectivity index (χ3v) is 6.16. The van der Waals surface area contributed by atoms with E-state index in [2.05, 4.69) is 22.5 Å². The SMILES string of the molecule is C=C(OC(CC)[Si](Cl)(Cl)Cl)c1ccc(Br)cc1. The Balaban J connectivity index is 2.75. The van der Waals surface area contributed by atoms with E-state index in [-0.39, 0.29) is 5.73 Å². The molecule has 17 heavy (non-hydrogen) atoms. The first kappa shape index (κ1) is 15.4. The van der Waals surface area contributed by atoms with E-state index in [1.165, 1.54) is 0 Å². The molecule has 0 amide bonds. The number of rotatable bonds is 5. The molecule has 0 aliphatic rings. The molecule has 6 heteroatoms. The minimum absolute atomic E-state index is 0.372. The smallest absolute Gasteiger partial charge is 0.381 e. The van der Waals surface area contributed by atoms with Crippen molar-refractivity contribution in [3.63, 3.8) is 0 Å². The maximum Gasteiger partial charge on any atom is 0.381 e. The fraction of sp³-hybridized carbons (Fsp3) is 0.273. The van der Waals surface area contributed by atoms with Gasteiger partial charge in [-0.1, -0.05) is 41.6 Å². The lowest BCUT2D eigenvalue weighted by Gasteiger charge is -2.23. The molecule has 1 aromatic rings. The molecule has 94 valence electrons. The summed E-state index contributed by atoms with van der Waals surface area (Å²) in [4.78, 5) is 0. The van der Waals surface area contributed by atoms with Gasteiger partial charge in [0.05, 0.1) is 0 Å². The molecule has 0 bridgehead atoms. The Hall–Kier alpha value is 0.327. The number of benzene rings is 1. The van der Waals surface area contributed by atoms with Crippen LogP contribution in [0.2, 0.25) is 0 Å². The Bertz CT molecular complexity index is 389. The monoisotopic (exact) mass is 372 g/mol. The lowest BCUT2D eigenvalue weighted by Crippen LogP contribution is -2.32. The quantitative estimate of drug-likeness (QED) is 0.380. The zero-order valence-electron chi connectivity index (χ0n) is 9.22. The van der Waals surface area contributed by atoms with Gasteiger partial charge in [-0.05, 0) is 18.6 Å². The second-order valence-electron chi connectivity index (χ2n) is 3.49. The summed E-state index contributed by atoms with van der Waals surface area (Å²) >= 11 is 21.2. The van der Waals surface area contributed by atoms with E-state index in [1.54, 1.807) is 0 Å². The van der Waals surface area contributed by atoms with Crippen molar-refractivity contribution in [3.8, 4) is 0 Å². The van der Waals surface area contributed by atoms with Crippen molar-refractivity contribution < 1.29 is 4.74 Å². The molecule has 0 aliphatic heterocycles. The van der Waals surface area contributed by atoms with Crippen molar-refractivity contribution >= 4 is 60.9 Å². The average Bonchev–Trinajstić information content (AvgIpc) is 2.24. The molecule has 0 spiro atoms. The normalized spacial score (nSPS) is 13.2. The summed E-state index contributed by atoms with van der Waals surface area (Å²) in [6.45, 7) is 5.79. The van der Waals surface area contributed by atoms with Gasteiger partial charge in [-0.3, -0.25) is 0 Å². The van der Waals surface area contributed by atoms with Gasteiger partial charge in [0, 0.05) is 10.0 Å². The van der Waals surface area contributed by atoms with Gasteiger partial charge < -0.3 is 4.74 Å². The third-order valence-electron chi connectivity index (χ3n) is 2.19. The molecular formula is C11H12BrCl3OSi. The molecule has 0 saturated heterocycles. The Morgan fingerprint density at radius 1 is 1.35 bits per heavy atom. The van der Waals surface area contributed by atoms with Gasteiger partial charge in [-0.15, -0.1) is 33.2 Å². The first-order valence-electron chi connectivity index (χ1n) is 5.02.